The van der Waals surface area contributed by atoms with E-state index in [4.69, 9.17) is 11.6 Å². The van der Waals surface area contributed by atoms with Crippen molar-refractivity contribution in [3.05, 3.63) is 62.4 Å². The van der Waals surface area contributed by atoms with Crippen LogP contribution in [0.15, 0.2) is 42.5 Å². The van der Waals surface area contributed by atoms with E-state index in [2.05, 4.69) is 27.9 Å². The Hall–Kier alpha value is -0.810. The minimum atomic E-state index is -0.227. The molecule has 1 unspecified atom stereocenters. The van der Waals surface area contributed by atoms with E-state index in [1.54, 1.807) is 6.07 Å². The molecule has 94 valence electrons. The third-order valence-corrected chi connectivity index (χ3v) is 3.64. The second-order valence-corrected chi connectivity index (χ2v) is 5.70. The molecule has 0 heterocycles. The SMILES string of the molecule is CC(Nc1ccc(I)cc1Cl)c1cccc(F)c1. The molecule has 4 heteroatoms. The first-order chi connectivity index (χ1) is 8.56. The standard InChI is InChI=1S/C14H12ClFIN/c1-9(10-3-2-4-11(16)7-10)18-14-6-5-12(17)8-13(14)15/h2-9,18H,1H3. The number of benzene rings is 2. The molecule has 0 amide bonds. The topological polar surface area (TPSA) is 12.0 Å². The Balaban J connectivity index is 2.18. The van der Waals surface area contributed by atoms with E-state index in [1.807, 2.05) is 31.2 Å². The number of rotatable bonds is 3. The van der Waals surface area contributed by atoms with Crippen molar-refractivity contribution in [2.45, 2.75) is 13.0 Å². The molecule has 0 saturated carbocycles. The van der Waals surface area contributed by atoms with Crippen molar-refractivity contribution < 1.29 is 4.39 Å². The summed E-state index contributed by atoms with van der Waals surface area (Å²) < 4.78 is 14.2. The van der Waals surface area contributed by atoms with Crippen LogP contribution in [0.25, 0.3) is 0 Å². The maximum absolute atomic E-state index is 13.1. The molecule has 0 radical (unpaired) electrons. The van der Waals surface area contributed by atoms with Gasteiger partial charge >= 0.3 is 0 Å². The van der Waals surface area contributed by atoms with Crippen molar-refractivity contribution in [2.75, 3.05) is 5.32 Å². The summed E-state index contributed by atoms with van der Waals surface area (Å²) in [6, 6.07) is 12.4. The maximum atomic E-state index is 13.1. The van der Waals surface area contributed by atoms with Gasteiger partial charge in [0.2, 0.25) is 0 Å². The first kappa shape index (κ1) is 13.6. The molecule has 0 saturated heterocycles. The van der Waals surface area contributed by atoms with Gasteiger partial charge in [0.15, 0.2) is 0 Å². The zero-order valence-electron chi connectivity index (χ0n) is 9.75. The molecule has 18 heavy (non-hydrogen) atoms. The fourth-order valence-electron chi connectivity index (χ4n) is 1.70. The van der Waals surface area contributed by atoms with Gasteiger partial charge in [-0.05, 0) is 65.4 Å². The van der Waals surface area contributed by atoms with Gasteiger partial charge in [-0.2, -0.15) is 0 Å². The summed E-state index contributed by atoms with van der Waals surface area (Å²) in [7, 11) is 0. The van der Waals surface area contributed by atoms with Crippen LogP contribution in [0.2, 0.25) is 5.02 Å². The molecule has 0 bridgehead atoms. The summed E-state index contributed by atoms with van der Waals surface area (Å²) in [4.78, 5) is 0. The zero-order valence-corrected chi connectivity index (χ0v) is 12.7. The number of anilines is 1. The van der Waals surface area contributed by atoms with Crippen LogP contribution in [0.1, 0.15) is 18.5 Å². The molecule has 2 aromatic rings. The number of nitrogens with one attached hydrogen (secondary N) is 1. The van der Waals surface area contributed by atoms with Crippen LogP contribution in [0.5, 0.6) is 0 Å². The first-order valence-corrected chi connectivity index (χ1v) is 6.99. The lowest BCUT2D eigenvalue weighted by atomic mass is 10.1. The van der Waals surface area contributed by atoms with Crippen LogP contribution in [-0.2, 0) is 0 Å². The van der Waals surface area contributed by atoms with Crippen LogP contribution < -0.4 is 5.32 Å². The third-order valence-electron chi connectivity index (χ3n) is 2.65. The van der Waals surface area contributed by atoms with Crippen molar-refractivity contribution in [1.29, 1.82) is 0 Å². The van der Waals surface area contributed by atoms with E-state index in [9.17, 15) is 4.39 Å². The number of halogens is 3. The predicted molar refractivity (Wildman–Crippen MR) is 82.6 cm³/mol. The Morgan fingerprint density at radius 1 is 1.22 bits per heavy atom. The monoisotopic (exact) mass is 375 g/mol. The van der Waals surface area contributed by atoms with Crippen LogP contribution in [0.3, 0.4) is 0 Å². The average Bonchev–Trinajstić information content (AvgIpc) is 2.32. The molecule has 0 spiro atoms. The fraction of sp³-hybridized carbons (Fsp3) is 0.143. The summed E-state index contributed by atoms with van der Waals surface area (Å²) in [6.45, 7) is 1.98. The Bertz CT molecular complexity index is 559. The van der Waals surface area contributed by atoms with Crippen LogP contribution >= 0.6 is 34.2 Å². The first-order valence-electron chi connectivity index (χ1n) is 5.53. The van der Waals surface area contributed by atoms with Gasteiger partial charge in [-0.3, -0.25) is 0 Å². The van der Waals surface area contributed by atoms with Crippen molar-refractivity contribution in [3.8, 4) is 0 Å². The Morgan fingerprint density at radius 3 is 2.67 bits per heavy atom. The highest BCUT2D eigenvalue weighted by Crippen LogP contribution is 2.27. The van der Waals surface area contributed by atoms with Gasteiger partial charge in [0.25, 0.3) is 0 Å². The molecular weight excluding hydrogens is 364 g/mol. The van der Waals surface area contributed by atoms with Crippen LogP contribution in [0.4, 0.5) is 10.1 Å². The van der Waals surface area contributed by atoms with Crippen LogP contribution in [-0.4, -0.2) is 0 Å². The quantitative estimate of drug-likeness (QED) is 0.722. The molecule has 0 fully saturated rings. The van der Waals surface area contributed by atoms with Gasteiger partial charge in [-0.25, -0.2) is 4.39 Å². The lowest BCUT2D eigenvalue weighted by Crippen LogP contribution is -2.07. The van der Waals surface area contributed by atoms with Gasteiger partial charge < -0.3 is 5.32 Å². The number of hydrogen-bond donors (Lipinski definition) is 1. The van der Waals surface area contributed by atoms with Gasteiger partial charge in [-0.15, -0.1) is 0 Å². The number of hydrogen-bond acceptors (Lipinski definition) is 1. The summed E-state index contributed by atoms with van der Waals surface area (Å²) >= 11 is 8.36. The highest BCUT2D eigenvalue weighted by Gasteiger charge is 2.08. The molecule has 0 aliphatic heterocycles. The minimum Gasteiger partial charge on any atom is -0.377 e. The molecule has 0 aliphatic carbocycles. The van der Waals surface area contributed by atoms with Crippen molar-refractivity contribution >= 4 is 39.9 Å². The molecule has 2 aromatic carbocycles. The normalized spacial score (nSPS) is 12.2. The summed E-state index contributed by atoms with van der Waals surface area (Å²) in [5, 5.41) is 3.95. The Kier molecular flexibility index (Phi) is 4.45. The van der Waals surface area contributed by atoms with E-state index < -0.39 is 0 Å². The van der Waals surface area contributed by atoms with Gasteiger partial charge in [0, 0.05) is 9.61 Å². The molecule has 1 N–H and O–H groups in total. The van der Waals surface area contributed by atoms with Crippen molar-refractivity contribution in [1.82, 2.24) is 0 Å². The summed E-state index contributed by atoms with van der Waals surface area (Å²) in [5.41, 5.74) is 1.75. The van der Waals surface area contributed by atoms with Crippen LogP contribution in [0, 0.1) is 9.39 Å². The molecular formula is C14H12ClFIN. The summed E-state index contributed by atoms with van der Waals surface area (Å²) in [6.07, 6.45) is 0. The second-order valence-electron chi connectivity index (χ2n) is 4.05. The fourth-order valence-corrected chi connectivity index (χ4v) is 2.61. The molecule has 0 aliphatic rings. The highest BCUT2D eigenvalue weighted by molar-refractivity contribution is 14.1. The smallest absolute Gasteiger partial charge is 0.123 e. The molecule has 0 aromatic heterocycles. The zero-order chi connectivity index (χ0) is 13.1. The third kappa shape index (κ3) is 3.36. The van der Waals surface area contributed by atoms with E-state index in [0.717, 1.165) is 14.8 Å². The average molecular weight is 376 g/mol. The minimum absolute atomic E-state index is 0.00161. The Labute approximate surface area is 124 Å². The molecule has 1 nitrogen and oxygen atoms in total. The molecule has 2 rings (SSSR count). The van der Waals surface area contributed by atoms with Gasteiger partial charge in [0.05, 0.1) is 10.7 Å². The Morgan fingerprint density at radius 2 is 2.00 bits per heavy atom. The van der Waals surface area contributed by atoms with Crippen molar-refractivity contribution in [3.63, 3.8) is 0 Å². The van der Waals surface area contributed by atoms with E-state index in [0.29, 0.717) is 5.02 Å². The summed E-state index contributed by atoms with van der Waals surface area (Å²) in [5.74, 6) is -0.227. The molecule has 1 atom stereocenters. The van der Waals surface area contributed by atoms with Gasteiger partial charge in [0.1, 0.15) is 5.82 Å². The highest BCUT2D eigenvalue weighted by atomic mass is 127. The van der Waals surface area contributed by atoms with E-state index in [-0.39, 0.29) is 11.9 Å². The largest absolute Gasteiger partial charge is 0.377 e. The lowest BCUT2D eigenvalue weighted by Gasteiger charge is -2.17. The lowest BCUT2D eigenvalue weighted by molar-refractivity contribution is 0.623. The maximum Gasteiger partial charge on any atom is 0.123 e. The predicted octanol–water partition coefficient (Wildman–Crippen LogP) is 5.26. The second kappa shape index (κ2) is 5.89. The van der Waals surface area contributed by atoms with Crippen molar-refractivity contribution in [2.24, 2.45) is 0 Å². The van der Waals surface area contributed by atoms with Gasteiger partial charge in [-0.1, -0.05) is 23.7 Å². The van der Waals surface area contributed by atoms with E-state index >= 15 is 0 Å². The van der Waals surface area contributed by atoms with E-state index in [1.165, 1.54) is 12.1 Å².